The summed E-state index contributed by atoms with van der Waals surface area (Å²) in [6, 6.07) is 11.2. The van der Waals surface area contributed by atoms with Crippen LogP contribution in [0, 0.1) is 0 Å². The SMILES string of the molecule is COCCOc1ccccc1-c1ccc(N)nc1N. The highest BCUT2D eigenvalue weighted by Crippen LogP contribution is 2.33. The fraction of sp³-hybridized carbons (Fsp3) is 0.214. The maximum absolute atomic E-state index is 5.91. The summed E-state index contributed by atoms with van der Waals surface area (Å²) >= 11 is 0. The van der Waals surface area contributed by atoms with Gasteiger partial charge >= 0.3 is 0 Å². The summed E-state index contributed by atoms with van der Waals surface area (Å²) in [5.41, 5.74) is 13.2. The second-order valence-corrected chi connectivity index (χ2v) is 4.01. The van der Waals surface area contributed by atoms with Crippen LogP contribution < -0.4 is 16.2 Å². The summed E-state index contributed by atoms with van der Waals surface area (Å²) in [5, 5.41) is 0. The Bertz CT molecular complexity index is 558. The largest absolute Gasteiger partial charge is 0.491 e. The standard InChI is InChI=1S/C14H17N3O2/c1-18-8-9-19-12-5-3-2-4-10(12)11-6-7-13(15)17-14(11)16/h2-7H,8-9H2,1H3,(H4,15,16,17). The van der Waals surface area contributed by atoms with Crippen molar-refractivity contribution in [3.8, 4) is 16.9 Å². The third-order valence-corrected chi connectivity index (χ3v) is 2.67. The number of ether oxygens (including phenoxy) is 2. The van der Waals surface area contributed by atoms with Crippen LogP contribution in [0.3, 0.4) is 0 Å². The van der Waals surface area contributed by atoms with Crippen LogP contribution in [-0.2, 0) is 4.74 Å². The molecule has 2 rings (SSSR count). The van der Waals surface area contributed by atoms with E-state index in [4.69, 9.17) is 20.9 Å². The minimum atomic E-state index is 0.391. The van der Waals surface area contributed by atoms with Gasteiger partial charge in [0.05, 0.1) is 6.61 Å². The molecular formula is C14H17N3O2. The first-order valence-corrected chi connectivity index (χ1v) is 5.95. The van der Waals surface area contributed by atoms with Crippen molar-refractivity contribution < 1.29 is 9.47 Å². The summed E-state index contributed by atoms with van der Waals surface area (Å²) in [6.45, 7) is 1.01. The quantitative estimate of drug-likeness (QED) is 0.802. The molecule has 2 aromatic rings. The van der Waals surface area contributed by atoms with Crippen molar-refractivity contribution in [3.05, 3.63) is 36.4 Å². The van der Waals surface area contributed by atoms with E-state index in [1.165, 1.54) is 0 Å². The number of nitrogens with two attached hydrogens (primary N) is 2. The highest BCUT2D eigenvalue weighted by molar-refractivity contribution is 5.79. The van der Waals surface area contributed by atoms with E-state index < -0.39 is 0 Å². The molecular weight excluding hydrogens is 242 g/mol. The van der Waals surface area contributed by atoms with Crippen LogP contribution in [-0.4, -0.2) is 25.3 Å². The molecule has 0 aliphatic heterocycles. The van der Waals surface area contributed by atoms with E-state index in [1.807, 2.05) is 30.3 Å². The van der Waals surface area contributed by atoms with Gasteiger partial charge in [-0.3, -0.25) is 0 Å². The number of anilines is 2. The van der Waals surface area contributed by atoms with Crippen molar-refractivity contribution in [1.29, 1.82) is 0 Å². The fourth-order valence-electron chi connectivity index (χ4n) is 1.77. The second-order valence-electron chi connectivity index (χ2n) is 4.01. The van der Waals surface area contributed by atoms with Crippen LogP contribution >= 0.6 is 0 Å². The number of pyridine rings is 1. The van der Waals surface area contributed by atoms with Gasteiger partial charge in [-0.15, -0.1) is 0 Å². The summed E-state index contributed by atoms with van der Waals surface area (Å²) < 4.78 is 10.6. The lowest BCUT2D eigenvalue weighted by atomic mass is 10.1. The average molecular weight is 259 g/mol. The molecule has 0 saturated heterocycles. The molecule has 0 aliphatic rings. The molecule has 0 amide bonds. The van der Waals surface area contributed by atoms with Gasteiger partial charge in [-0.05, 0) is 18.2 Å². The van der Waals surface area contributed by atoms with Crippen molar-refractivity contribution >= 4 is 11.6 Å². The smallest absolute Gasteiger partial charge is 0.133 e. The molecule has 1 aromatic heterocycles. The van der Waals surface area contributed by atoms with Gasteiger partial charge in [0.25, 0.3) is 0 Å². The van der Waals surface area contributed by atoms with Crippen molar-refractivity contribution in [2.24, 2.45) is 0 Å². The Morgan fingerprint density at radius 2 is 1.79 bits per heavy atom. The van der Waals surface area contributed by atoms with Gasteiger partial charge in [-0.1, -0.05) is 18.2 Å². The van der Waals surface area contributed by atoms with Crippen LogP contribution in [0.4, 0.5) is 11.6 Å². The number of hydrogen-bond acceptors (Lipinski definition) is 5. The zero-order valence-corrected chi connectivity index (χ0v) is 10.8. The summed E-state index contributed by atoms with van der Waals surface area (Å²) in [7, 11) is 1.64. The second kappa shape index (κ2) is 6.06. The van der Waals surface area contributed by atoms with Crippen molar-refractivity contribution in [1.82, 2.24) is 4.98 Å². The Hall–Kier alpha value is -2.27. The topological polar surface area (TPSA) is 83.4 Å². The summed E-state index contributed by atoms with van der Waals surface area (Å²) in [5.74, 6) is 1.54. The van der Waals surface area contributed by atoms with E-state index in [-0.39, 0.29) is 0 Å². The molecule has 0 saturated carbocycles. The zero-order chi connectivity index (χ0) is 13.7. The van der Waals surface area contributed by atoms with Gasteiger partial charge in [-0.25, -0.2) is 4.98 Å². The lowest BCUT2D eigenvalue weighted by Gasteiger charge is -2.12. The van der Waals surface area contributed by atoms with Gasteiger partial charge in [0, 0.05) is 18.2 Å². The fourth-order valence-corrected chi connectivity index (χ4v) is 1.77. The van der Waals surface area contributed by atoms with Crippen molar-refractivity contribution in [2.45, 2.75) is 0 Å². The number of aromatic nitrogens is 1. The number of nitrogen functional groups attached to an aromatic ring is 2. The molecule has 0 bridgehead atoms. The first-order valence-electron chi connectivity index (χ1n) is 5.95. The Kier molecular flexibility index (Phi) is 4.20. The van der Waals surface area contributed by atoms with E-state index in [9.17, 15) is 0 Å². The molecule has 1 heterocycles. The molecule has 19 heavy (non-hydrogen) atoms. The molecule has 0 spiro atoms. The van der Waals surface area contributed by atoms with Crippen molar-refractivity contribution in [2.75, 3.05) is 31.8 Å². The molecule has 0 atom stereocenters. The van der Waals surface area contributed by atoms with Gasteiger partial charge in [0.2, 0.25) is 0 Å². The third kappa shape index (κ3) is 3.14. The monoisotopic (exact) mass is 259 g/mol. The lowest BCUT2D eigenvalue weighted by Crippen LogP contribution is -2.05. The minimum Gasteiger partial charge on any atom is -0.491 e. The predicted molar refractivity (Wildman–Crippen MR) is 75.9 cm³/mol. The Morgan fingerprint density at radius 1 is 1.00 bits per heavy atom. The van der Waals surface area contributed by atoms with Crippen LogP contribution in [0.2, 0.25) is 0 Å². The highest BCUT2D eigenvalue weighted by atomic mass is 16.5. The third-order valence-electron chi connectivity index (χ3n) is 2.67. The number of methoxy groups -OCH3 is 1. The first-order chi connectivity index (χ1) is 9.22. The number of para-hydroxylation sites is 1. The number of rotatable bonds is 5. The lowest BCUT2D eigenvalue weighted by molar-refractivity contribution is 0.146. The van der Waals surface area contributed by atoms with E-state index in [1.54, 1.807) is 13.2 Å². The van der Waals surface area contributed by atoms with E-state index in [0.717, 1.165) is 16.9 Å². The maximum Gasteiger partial charge on any atom is 0.133 e. The number of hydrogen-bond donors (Lipinski definition) is 2. The first kappa shape index (κ1) is 13.2. The summed E-state index contributed by atoms with van der Waals surface area (Å²) in [6.07, 6.45) is 0. The Balaban J connectivity index is 2.33. The molecule has 100 valence electrons. The maximum atomic E-state index is 5.91. The molecule has 0 fully saturated rings. The van der Waals surface area contributed by atoms with Gasteiger partial charge in [-0.2, -0.15) is 0 Å². The Morgan fingerprint density at radius 3 is 2.53 bits per heavy atom. The van der Waals surface area contributed by atoms with Gasteiger partial charge in [0.1, 0.15) is 24.0 Å². The molecule has 5 heteroatoms. The van der Waals surface area contributed by atoms with E-state index >= 15 is 0 Å². The Labute approximate surface area is 112 Å². The molecule has 4 N–H and O–H groups in total. The molecule has 0 radical (unpaired) electrons. The number of benzene rings is 1. The van der Waals surface area contributed by atoms with Crippen LogP contribution in [0.15, 0.2) is 36.4 Å². The van der Waals surface area contributed by atoms with E-state index in [0.29, 0.717) is 24.8 Å². The molecule has 1 aromatic carbocycles. The van der Waals surface area contributed by atoms with Crippen LogP contribution in [0.5, 0.6) is 5.75 Å². The van der Waals surface area contributed by atoms with Gasteiger partial charge in [0.15, 0.2) is 0 Å². The predicted octanol–water partition coefficient (Wildman–Crippen LogP) is 1.94. The molecule has 0 unspecified atom stereocenters. The van der Waals surface area contributed by atoms with Gasteiger partial charge < -0.3 is 20.9 Å². The van der Waals surface area contributed by atoms with E-state index in [2.05, 4.69) is 4.98 Å². The summed E-state index contributed by atoms with van der Waals surface area (Å²) in [4.78, 5) is 4.06. The highest BCUT2D eigenvalue weighted by Gasteiger charge is 2.10. The number of nitrogens with zero attached hydrogens (tertiary/aromatic N) is 1. The average Bonchev–Trinajstić information content (AvgIpc) is 2.40. The van der Waals surface area contributed by atoms with Crippen molar-refractivity contribution in [3.63, 3.8) is 0 Å². The normalized spacial score (nSPS) is 10.4. The van der Waals surface area contributed by atoms with Crippen LogP contribution in [0.1, 0.15) is 0 Å². The minimum absolute atomic E-state index is 0.391. The van der Waals surface area contributed by atoms with Crippen LogP contribution in [0.25, 0.3) is 11.1 Å². The zero-order valence-electron chi connectivity index (χ0n) is 10.8. The molecule has 0 aliphatic carbocycles. The molecule has 5 nitrogen and oxygen atoms in total.